The summed E-state index contributed by atoms with van der Waals surface area (Å²) in [5.41, 5.74) is 0. The summed E-state index contributed by atoms with van der Waals surface area (Å²) in [7, 11) is -2.94. The van der Waals surface area contributed by atoms with Crippen LogP contribution in [0, 0.1) is 5.92 Å². The molecule has 2 fully saturated rings. The summed E-state index contributed by atoms with van der Waals surface area (Å²) >= 11 is 0. The van der Waals surface area contributed by atoms with Crippen molar-refractivity contribution in [1.82, 2.24) is 10.2 Å². The summed E-state index contributed by atoms with van der Waals surface area (Å²) in [5.74, 6) is 0.806. The van der Waals surface area contributed by atoms with E-state index >= 15 is 0 Å². The smallest absolute Gasteiger partial charge is 0.240 e. The van der Waals surface area contributed by atoms with Gasteiger partial charge in [-0.15, -0.1) is 0 Å². The Kier molecular flexibility index (Phi) is 4.50. The van der Waals surface area contributed by atoms with Crippen molar-refractivity contribution in [2.75, 3.05) is 18.6 Å². The molecule has 1 saturated heterocycles. The molecule has 0 aromatic carbocycles. The van der Waals surface area contributed by atoms with Crippen LogP contribution in [0.15, 0.2) is 0 Å². The Morgan fingerprint density at radius 1 is 1.32 bits per heavy atom. The Morgan fingerprint density at radius 2 is 1.95 bits per heavy atom. The predicted molar refractivity (Wildman–Crippen MR) is 74.4 cm³/mol. The molecule has 1 N–H and O–H groups in total. The average molecular weight is 288 g/mol. The molecule has 19 heavy (non-hydrogen) atoms. The van der Waals surface area contributed by atoms with E-state index in [0.717, 1.165) is 0 Å². The number of hydrogen-bond donors (Lipinski definition) is 1. The first-order chi connectivity index (χ1) is 8.88. The van der Waals surface area contributed by atoms with Gasteiger partial charge in [-0.25, -0.2) is 8.42 Å². The van der Waals surface area contributed by atoms with E-state index in [1.807, 2.05) is 11.8 Å². The van der Waals surface area contributed by atoms with Gasteiger partial charge in [0, 0.05) is 12.8 Å². The van der Waals surface area contributed by atoms with Gasteiger partial charge in [-0.3, -0.25) is 10.1 Å². The lowest BCUT2D eigenvalue weighted by molar-refractivity contribution is -0.130. The molecule has 1 amide bonds. The standard InChI is InChI=1S/C13H24N2O3S/c1-10-13(16)15(8-5-9-19(2,17)18)12(14-10)11-6-3-4-7-11/h10-12,14H,3-9H2,1-2H3. The maximum absolute atomic E-state index is 12.1. The number of carbonyl (C=O) groups is 1. The minimum absolute atomic E-state index is 0.115. The largest absolute Gasteiger partial charge is 0.325 e. The first kappa shape index (κ1) is 14.8. The molecule has 2 unspecified atom stereocenters. The number of carbonyl (C=O) groups excluding carboxylic acids is 1. The molecule has 2 rings (SSSR count). The summed E-state index contributed by atoms with van der Waals surface area (Å²) in [5, 5.41) is 3.37. The number of rotatable bonds is 5. The van der Waals surface area contributed by atoms with Gasteiger partial charge in [-0.2, -0.15) is 0 Å². The number of nitrogens with one attached hydrogen (secondary N) is 1. The van der Waals surface area contributed by atoms with Crippen molar-refractivity contribution in [2.45, 2.75) is 51.2 Å². The maximum atomic E-state index is 12.1. The summed E-state index contributed by atoms with van der Waals surface area (Å²) in [6, 6.07) is -0.135. The summed E-state index contributed by atoms with van der Waals surface area (Å²) < 4.78 is 22.3. The lowest BCUT2D eigenvalue weighted by Crippen LogP contribution is -2.43. The van der Waals surface area contributed by atoms with Gasteiger partial charge >= 0.3 is 0 Å². The molecule has 0 aromatic rings. The molecule has 6 heteroatoms. The molecule has 0 radical (unpaired) electrons. The number of hydrogen-bond acceptors (Lipinski definition) is 4. The van der Waals surface area contributed by atoms with E-state index in [2.05, 4.69) is 5.32 Å². The molecule has 5 nitrogen and oxygen atoms in total. The van der Waals surface area contributed by atoms with E-state index in [4.69, 9.17) is 0 Å². The summed E-state index contributed by atoms with van der Waals surface area (Å²) in [6.45, 7) is 2.44. The monoisotopic (exact) mass is 288 g/mol. The van der Waals surface area contributed by atoms with Crippen molar-refractivity contribution in [3.05, 3.63) is 0 Å². The zero-order chi connectivity index (χ0) is 14.0. The highest BCUT2D eigenvalue weighted by Gasteiger charge is 2.40. The van der Waals surface area contributed by atoms with E-state index in [0.29, 0.717) is 18.9 Å². The normalized spacial score (nSPS) is 29.4. The molecule has 1 aliphatic carbocycles. The van der Waals surface area contributed by atoms with Crippen LogP contribution in [0.25, 0.3) is 0 Å². The van der Waals surface area contributed by atoms with Crippen LogP contribution in [0.1, 0.15) is 39.0 Å². The van der Waals surface area contributed by atoms with Gasteiger partial charge in [0.05, 0.1) is 18.0 Å². The van der Waals surface area contributed by atoms with Crippen molar-refractivity contribution in [3.63, 3.8) is 0 Å². The minimum atomic E-state index is -2.94. The Morgan fingerprint density at radius 3 is 2.53 bits per heavy atom. The summed E-state index contributed by atoms with van der Waals surface area (Å²) in [4.78, 5) is 14.0. The Hall–Kier alpha value is -0.620. The maximum Gasteiger partial charge on any atom is 0.240 e. The second-order valence-corrected chi connectivity index (χ2v) is 8.15. The Balaban J connectivity index is 1.95. The van der Waals surface area contributed by atoms with Crippen LogP contribution < -0.4 is 5.32 Å². The van der Waals surface area contributed by atoms with Gasteiger partial charge in [0.2, 0.25) is 5.91 Å². The quantitative estimate of drug-likeness (QED) is 0.811. The minimum Gasteiger partial charge on any atom is -0.325 e. The summed E-state index contributed by atoms with van der Waals surface area (Å²) in [6.07, 6.45) is 6.70. The fourth-order valence-corrected chi connectivity index (χ4v) is 3.87. The SMILES string of the molecule is CC1NC(C2CCCC2)N(CCCS(C)(=O)=O)C1=O. The van der Waals surface area contributed by atoms with E-state index in [-0.39, 0.29) is 23.9 Å². The number of nitrogens with zero attached hydrogens (tertiary/aromatic N) is 1. The van der Waals surface area contributed by atoms with Crippen molar-refractivity contribution in [1.29, 1.82) is 0 Å². The molecule has 0 spiro atoms. The van der Waals surface area contributed by atoms with Crippen LogP contribution in [0.4, 0.5) is 0 Å². The number of amides is 1. The Labute approximate surface area is 115 Å². The van der Waals surface area contributed by atoms with Crippen LogP contribution in [0.3, 0.4) is 0 Å². The van der Waals surface area contributed by atoms with Crippen LogP contribution >= 0.6 is 0 Å². The van der Waals surface area contributed by atoms with Crippen LogP contribution in [-0.4, -0.2) is 50.0 Å². The predicted octanol–water partition coefficient (Wildman–Crippen LogP) is 0.758. The zero-order valence-corrected chi connectivity index (χ0v) is 12.6. The third-order valence-electron chi connectivity index (χ3n) is 4.17. The fraction of sp³-hybridized carbons (Fsp3) is 0.923. The van der Waals surface area contributed by atoms with E-state index in [1.54, 1.807) is 0 Å². The van der Waals surface area contributed by atoms with Crippen LogP contribution in [0.5, 0.6) is 0 Å². The highest BCUT2D eigenvalue weighted by atomic mass is 32.2. The molecule has 110 valence electrons. The van der Waals surface area contributed by atoms with Gasteiger partial charge in [-0.1, -0.05) is 12.8 Å². The second kappa shape index (κ2) is 5.79. The first-order valence-corrected chi connectivity index (χ1v) is 9.19. The van der Waals surface area contributed by atoms with Gasteiger partial charge in [0.1, 0.15) is 9.84 Å². The molecule has 2 atom stereocenters. The molecule has 1 heterocycles. The zero-order valence-electron chi connectivity index (χ0n) is 11.8. The highest BCUT2D eigenvalue weighted by molar-refractivity contribution is 7.90. The number of sulfone groups is 1. The van der Waals surface area contributed by atoms with Gasteiger partial charge in [0.25, 0.3) is 0 Å². The second-order valence-electron chi connectivity index (χ2n) is 5.89. The third kappa shape index (κ3) is 3.69. The van der Waals surface area contributed by atoms with Gasteiger partial charge in [-0.05, 0) is 32.1 Å². The van der Waals surface area contributed by atoms with E-state index < -0.39 is 9.84 Å². The lowest BCUT2D eigenvalue weighted by Gasteiger charge is -2.29. The lowest BCUT2D eigenvalue weighted by atomic mass is 10.0. The Bertz CT molecular complexity index is 429. The molecule has 1 aliphatic heterocycles. The van der Waals surface area contributed by atoms with Gasteiger partial charge < -0.3 is 4.90 Å². The van der Waals surface area contributed by atoms with Crippen LogP contribution in [0.2, 0.25) is 0 Å². The van der Waals surface area contributed by atoms with Crippen molar-refractivity contribution >= 4 is 15.7 Å². The van der Waals surface area contributed by atoms with Gasteiger partial charge in [0.15, 0.2) is 0 Å². The fourth-order valence-electron chi connectivity index (χ4n) is 3.21. The first-order valence-electron chi connectivity index (χ1n) is 7.13. The molecule has 0 bridgehead atoms. The molecular formula is C13H24N2O3S. The van der Waals surface area contributed by atoms with Crippen LogP contribution in [-0.2, 0) is 14.6 Å². The van der Waals surface area contributed by atoms with Crippen molar-refractivity contribution < 1.29 is 13.2 Å². The molecule has 2 aliphatic rings. The molecule has 1 saturated carbocycles. The van der Waals surface area contributed by atoms with E-state index in [9.17, 15) is 13.2 Å². The van der Waals surface area contributed by atoms with Crippen molar-refractivity contribution in [2.24, 2.45) is 5.92 Å². The molecular weight excluding hydrogens is 264 g/mol. The highest BCUT2D eigenvalue weighted by Crippen LogP contribution is 2.31. The molecule has 0 aromatic heterocycles. The van der Waals surface area contributed by atoms with E-state index in [1.165, 1.54) is 31.9 Å². The van der Waals surface area contributed by atoms with Crippen molar-refractivity contribution in [3.8, 4) is 0 Å². The third-order valence-corrected chi connectivity index (χ3v) is 5.20. The average Bonchev–Trinajstić information content (AvgIpc) is 2.90. The topological polar surface area (TPSA) is 66.5 Å².